The van der Waals surface area contributed by atoms with Gasteiger partial charge in [0.2, 0.25) is 0 Å². The molecule has 58 valence electrons. The van der Waals surface area contributed by atoms with Crippen molar-refractivity contribution in [1.82, 2.24) is 4.90 Å². The number of likely N-dealkylation sites (N-methyl/N-ethyl adjacent to an activating group) is 1. The van der Waals surface area contributed by atoms with E-state index in [1.165, 1.54) is 7.05 Å². The highest BCUT2D eigenvalue weighted by atomic mass is 16.5. The molecule has 2 amide bonds. The zero-order valence-corrected chi connectivity index (χ0v) is 5.83. The highest BCUT2D eigenvalue weighted by molar-refractivity contribution is 5.91. The van der Waals surface area contributed by atoms with Gasteiger partial charge in [-0.2, -0.15) is 0 Å². The average molecular weight is 147 g/mol. The quantitative estimate of drug-likeness (QED) is 0.527. The van der Waals surface area contributed by atoms with Crippen LogP contribution in [0.25, 0.3) is 0 Å². The molecular weight excluding hydrogens is 138 g/mol. The summed E-state index contributed by atoms with van der Waals surface area (Å²) in [5.74, 6) is -0.688. The third-order valence-corrected chi connectivity index (χ3v) is 0.958. The average Bonchev–Trinajstić information content (AvgIpc) is 2.00. The predicted molar refractivity (Wildman–Crippen MR) is 32.3 cm³/mol. The lowest BCUT2D eigenvalue weighted by molar-refractivity contribution is -0.131. The Morgan fingerprint density at radius 2 is 2.10 bits per heavy atom. The molecule has 0 atom stereocenters. The Hall–Kier alpha value is -1.10. The zero-order valence-electron chi connectivity index (χ0n) is 5.83. The molecule has 0 fully saturated rings. The van der Waals surface area contributed by atoms with Crippen LogP contribution in [0.1, 0.15) is 0 Å². The Morgan fingerprint density at radius 1 is 1.60 bits per heavy atom. The van der Waals surface area contributed by atoms with E-state index in [1.807, 2.05) is 0 Å². The molecule has 10 heavy (non-hydrogen) atoms. The first-order chi connectivity index (χ1) is 4.63. The van der Waals surface area contributed by atoms with E-state index in [0.29, 0.717) is 4.90 Å². The number of methoxy groups -OCH3 is 1. The second-order valence-corrected chi connectivity index (χ2v) is 1.58. The fraction of sp³-hybridized carbons (Fsp3) is 0.600. The van der Waals surface area contributed by atoms with Crippen LogP contribution in [0.3, 0.4) is 0 Å². The van der Waals surface area contributed by atoms with Crippen molar-refractivity contribution in [2.24, 2.45) is 0 Å². The summed E-state index contributed by atoms with van der Waals surface area (Å²) in [5, 5.41) is 8.25. The number of hydrogen-bond donors (Lipinski definition) is 1. The number of nitrogens with zero attached hydrogens (tertiary/aromatic N) is 1. The smallest absolute Gasteiger partial charge is 0.416 e. The number of aliphatic hydroxyl groups excluding tert-OH is 1. The number of ether oxygens (including phenoxy) is 1. The molecule has 0 aliphatic rings. The molecule has 0 bridgehead atoms. The van der Waals surface area contributed by atoms with Gasteiger partial charge in [-0.1, -0.05) is 0 Å². The van der Waals surface area contributed by atoms with Gasteiger partial charge >= 0.3 is 6.09 Å². The summed E-state index contributed by atoms with van der Waals surface area (Å²) in [7, 11) is 2.38. The number of amides is 2. The Morgan fingerprint density at radius 3 is 2.40 bits per heavy atom. The lowest BCUT2D eigenvalue weighted by Gasteiger charge is -2.10. The number of rotatable bonds is 1. The summed E-state index contributed by atoms with van der Waals surface area (Å²) in [5.41, 5.74) is 0. The van der Waals surface area contributed by atoms with E-state index in [1.54, 1.807) is 0 Å². The van der Waals surface area contributed by atoms with Crippen LogP contribution in [0.15, 0.2) is 0 Å². The number of aliphatic hydroxyl groups is 1. The maximum absolute atomic E-state index is 10.5. The molecule has 0 aliphatic carbocycles. The number of carbonyl (C=O) groups is 2. The maximum atomic E-state index is 10.5. The second-order valence-electron chi connectivity index (χ2n) is 1.58. The van der Waals surface area contributed by atoms with Gasteiger partial charge in [0.15, 0.2) is 0 Å². The Kier molecular flexibility index (Phi) is 3.42. The van der Waals surface area contributed by atoms with E-state index in [-0.39, 0.29) is 0 Å². The van der Waals surface area contributed by atoms with Crippen molar-refractivity contribution >= 4 is 12.0 Å². The maximum Gasteiger partial charge on any atom is 0.416 e. The molecule has 0 spiro atoms. The number of hydrogen-bond acceptors (Lipinski definition) is 4. The van der Waals surface area contributed by atoms with Crippen LogP contribution >= 0.6 is 0 Å². The monoisotopic (exact) mass is 147 g/mol. The fourth-order valence-electron chi connectivity index (χ4n) is 0.345. The molecule has 5 nitrogen and oxygen atoms in total. The van der Waals surface area contributed by atoms with Gasteiger partial charge in [0, 0.05) is 7.05 Å². The first kappa shape index (κ1) is 8.90. The van der Waals surface area contributed by atoms with E-state index in [4.69, 9.17) is 5.11 Å². The van der Waals surface area contributed by atoms with Crippen molar-refractivity contribution in [2.45, 2.75) is 0 Å². The van der Waals surface area contributed by atoms with Crippen molar-refractivity contribution in [3.05, 3.63) is 0 Å². The summed E-state index contributed by atoms with van der Waals surface area (Å²) in [6.45, 7) is -0.689. The summed E-state index contributed by atoms with van der Waals surface area (Å²) in [4.78, 5) is 21.7. The first-order valence-electron chi connectivity index (χ1n) is 2.58. The van der Waals surface area contributed by atoms with Crippen molar-refractivity contribution in [2.75, 3.05) is 20.8 Å². The second kappa shape index (κ2) is 3.84. The van der Waals surface area contributed by atoms with Crippen LogP contribution in [0, 0.1) is 0 Å². The van der Waals surface area contributed by atoms with Crippen molar-refractivity contribution in [3.8, 4) is 0 Å². The van der Waals surface area contributed by atoms with E-state index in [2.05, 4.69) is 4.74 Å². The molecule has 0 radical (unpaired) electrons. The van der Waals surface area contributed by atoms with Crippen molar-refractivity contribution < 1.29 is 19.4 Å². The molecule has 0 rings (SSSR count). The van der Waals surface area contributed by atoms with Crippen LogP contribution in [-0.4, -0.2) is 42.8 Å². The zero-order chi connectivity index (χ0) is 8.15. The predicted octanol–water partition coefficient (Wildman–Crippen LogP) is -0.796. The van der Waals surface area contributed by atoms with Crippen LogP contribution in [0.4, 0.5) is 4.79 Å². The molecule has 0 unspecified atom stereocenters. The largest absolute Gasteiger partial charge is 0.452 e. The molecule has 0 aromatic carbocycles. The Balaban J connectivity index is 3.94. The minimum absolute atomic E-state index is 0.688. The minimum Gasteiger partial charge on any atom is -0.452 e. The summed E-state index contributed by atoms with van der Waals surface area (Å²) in [6, 6.07) is 0. The summed E-state index contributed by atoms with van der Waals surface area (Å²) < 4.78 is 4.19. The van der Waals surface area contributed by atoms with Gasteiger partial charge in [-0.3, -0.25) is 4.79 Å². The third kappa shape index (κ3) is 2.02. The molecule has 1 N–H and O–H groups in total. The summed E-state index contributed by atoms with van der Waals surface area (Å²) in [6.07, 6.45) is -0.779. The standard InChI is InChI=1S/C5H9NO4/c1-6(4(8)3-7)5(9)10-2/h7H,3H2,1-2H3. The fourth-order valence-corrected chi connectivity index (χ4v) is 0.345. The van der Waals surface area contributed by atoms with Gasteiger partial charge in [-0.25, -0.2) is 9.69 Å². The SMILES string of the molecule is COC(=O)N(C)C(=O)CO. The highest BCUT2D eigenvalue weighted by Crippen LogP contribution is 1.87. The van der Waals surface area contributed by atoms with Gasteiger partial charge in [0.05, 0.1) is 7.11 Å². The number of carbonyl (C=O) groups excluding carboxylic acids is 2. The van der Waals surface area contributed by atoms with Crippen LogP contribution in [-0.2, 0) is 9.53 Å². The molecular formula is C5H9NO4. The number of imide groups is 1. The van der Waals surface area contributed by atoms with Crippen molar-refractivity contribution in [1.29, 1.82) is 0 Å². The van der Waals surface area contributed by atoms with E-state index in [9.17, 15) is 9.59 Å². The van der Waals surface area contributed by atoms with Crippen molar-refractivity contribution in [3.63, 3.8) is 0 Å². The molecule has 0 aromatic heterocycles. The normalized spacial score (nSPS) is 8.70. The molecule has 5 heteroatoms. The van der Waals surface area contributed by atoms with Crippen LogP contribution in [0.2, 0.25) is 0 Å². The molecule has 0 heterocycles. The Labute approximate surface area is 58.2 Å². The molecule has 0 saturated heterocycles. The lowest BCUT2D eigenvalue weighted by Crippen LogP contribution is -2.34. The topological polar surface area (TPSA) is 66.8 Å². The van der Waals surface area contributed by atoms with E-state index in [0.717, 1.165) is 7.11 Å². The van der Waals surface area contributed by atoms with E-state index < -0.39 is 18.6 Å². The lowest BCUT2D eigenvalue weighted by atomic mass is 10.6. The summed E-state index contributed by atoms with van der Waals surface area (Å²) >= 11 is 0. The first-order valence-corrected chi connectivity index (χ1v) is 2.58. The minimum atomic E-state index is -0.779. The third-order valence-electron chi connectivity index (χ3n) is 0.958. The molecule has 0 saturated carbocycles. The van der Waals surface area contributed by atoms with Gasteiger partial charge in [-0.15, -0.1) is 0 Å². The molecule has 0 aromatic rings. The van der Waals surface area contributed by atoms with Crippen LogP contribution < -0.4 is 0 Å². The van der Waals surface area contributed by atoms with Gasteiger partial charge in [0.25, 0.3) is 5.91 Å². The molecule has 0 aliphatic heterocycles. The Bertz CT molecular complexity index is 129. The van der Waals surface area contributed by atoms with Gasteiger partial charge in [-0.05, 0) is 0 Å². The highest BCUT2D eigenvalue weighted by Gasteiger charge is 2.14. The van der Waals surface area contributed by atoms with Crippen LogP contribution in [0.5, 0.6) is 0 Å². The van der Waals surface area contributed by atoms with Gasteiger partial charge < -0.3 is 9.84 Å². The van der Waals surface area contributed by atoms with Gasteiger partial charge in [0.1, 0.15) is 6.61 Å². The van der Waals surface area contributed by atoms with E-state index >= 15 is 0 Å².